The molecular formula is C15H23N3O3. The van der Waals surface area contributed by atoms with Crippen LogP contribution in [0.4, 0.5) is 5.69 Å². The molecule has 116 valence electrons. The third-order valence-electron chi connectivity index (χ3n) is 3.11. The van der Waals surface area contributed by atoms with Crippen LogP contribution in [0.5, 0.6) is 0 Å². The highest BCUT2D eigenvalue weighted by Gasteiger charge is 2.20. The lowest BCUT2D eigenvalue weighted by Gasteiger charge is -2.14. The lowest BCUT2D eigenvalue weighted by molar-refractivity contribution is -0.141. The van der Waals surface area contributed by atoms with E-state index in [0.717, 1.165) is 6.42 Å². The van der Waals surface area contributed by atoms with Gasteiger partial charge in [0, 0.05) is 5.69 Å². The number of benzene rings is 1. The highest BCUT2D eigenvalue weighted by Crippen LogP contribution is 2.10. The van der Waals surface area contributed by atoms with Gasteiger partial charge in [0.15, 0.2) is 0 Å². The quantitative estimate of drug-likeness (QED) is 0.508. The number of nitrogens with two attached hydrogens (primary N) is 1. The van der Waals surface area contributed by atoms with Crippen molar-refractivity contribution in [1.82, 2.24) is 5.32 Å². The Morgan fingerprint density at radius 3 is 2.48 bits per heavy atom. The number of carboxylic acids is 1. The van der Waals surface area contributed by atoms with Crippen molar-refractivity contribution in [1.29, 1.82) is 0 Å². The number of hydrogen-bond acceptors (Lipinski definition) is 4. The molecule has 6 nitrogen and oxygen atoms in total. The molecule has 0 radical (unpaired) electrons. The SMILES string of the molecule is CCc1ccc(NC(=O)C[C@@H](NCCCN)C(=O)O)cc1. The fourth-order valence-corrected chi connectivity index (χ4v) is 1.85. The Kier molecular flexibility index (Phi) is 7.42. The molecule has 5 N–H and O–H groups in total. The van der Waals surface area contributed by atoms with Crippen molar-refractivity contribution in [2.75, 3.05) is 18.4 Å². The first-order chi connectivity index (χ1) is 10.1. The summed E-state index contributed by atoms with van der Waals surface area (Å²) < 4.78 is 0. The number of aryl methyl sites for hydroxylation is 1. The number of rotatable bonds is 9. The van der Waals surface area contributed by atoms with E-state index in [9.17, 15) is 9.59 Å². The van der Waals surface area contributed by atoms with Gasteiger partial charge in [0.05, 0.1) is 6.42 Å². The molecule has 0 unspecified atom stereocenters. The molecule has 0 fully saturated rings. The van der Waals surface area contributed by atoms with Gasteiger partial charge in [0.2, 0.25) is 5.91 Å². The lowest BCUT2D eigenvalue weighted by Crippen LogP contribution is -2.40. The molecule has 1 amide bonds. The minimum absolute atomic E-state index is 0.116. The number of aliphatic carboxylic acids is 1. The van der Waals surface area contributed by atoms with Gasteiger partial charge in [0.1, 0.15) is 6.04 Å². The third-order valence-corrected chi connectivity index (χ3v) is 3.11. The van der Waals surface area contributed by atoms with Gasteiger partial charge >= 0.3 is 5.97 Å². The van der Waals surface area contributed by atoms with Gasteiger partial charge in [-0.05, 0) is 43.6 Å². The number of carboxylic acid groups (broad SMARTS) is 1. The second-order valence-electron chi connectivity index (χ2n) is 4.79. The first-order valence-electron chi connectivity index (χ1n) is 7.11. The molecule has 1 atom stereocenters. The minimum atomic E-state index is -1.04. The molecule has 0 aromatic heterocycles. The molecular weight excluding hydrogens is 270 g/mol. The molecule has 0 saturated carbocycles. The maximum absolute atomic E-state index is 11.9. The number of carbonyl (C=O) groups is 2. The van der Waals surface area contributed by atoms with Crippen LogP contribution in [0.2, 0.25) is 0 Å². The van der Waals surface area contributed by atoms with Gasteiger partial charge in [-0.15, -0.1) is 0 Å². The second kappa shape index (κ2) is 9.10. The van der Waals surface area contributed by atoms with Gasteiger partial charge in [-0.3, -0.25) is 9.59 Å². The van der Waals surface area contributed by atoms with Gasteiger partial charge in [-0.25, -0.2) is 0 Å². The Bertz CT molecular complexity index is 460. The fourth-order valence-electron chi connectivity index (χ4n) is 1.85. The van der Waals surface area contributed by atoms with E-state index in [4.69, 9.17) is 10.8 Å². The molecule has 21 heavy (non-hydrogen) atoms. The van der Waals surface area contributed by atoms with Crippen molar-refractivity contribution >= 4 is 17.6 Å². The van der Waals surface area contributed by atoms with Gasteiger partial charge in [-0.2, -0.15) is 0 Å². The largest absolute Gasteiger partial charge is 0.480 e. The molecule has 0 bridgehead atoms. The van der Waals surface area contributed by atoms with Crippen LogP contribution >= 0.6 is 0 Å². The Morgan fingerprint density at radius 2 is 1.95 bits per heavy atom. The van der Waals surface area contributed by atoms with Crippen LogP contribution in [-0.2, 0) is 16.0 Å². The van der Waals surface area contributed by atoms with Crippen LogP contribution in [0.25, 0.3) is 0 Å². The van der Waals surface area contributed by atoms with E-state index in [1.807, 2.05) is 24.3 Å². The van der Waals surface area contributed by atoms with Gasteiger partial charge in [-0.1, -0.05) is 19.1 Å². The first kappa shape index (κ1) is 17.1. The number of carbonyl (C=O) groups excluding carboxylic acids is 1. The number of anilines is 1. The van der Waals surface area contributed by atoms with Gasteiger partial charge in [0.25, 0.3) is 0 Å². The molecule has 0 aliphatic carbocycles. The van der Waals surface area contributed by atoms with E-state index in [1.165, 1.54) is 5.56 Å². The molecule has 1 rings (SSSR count). The number of hydrogen-bond donors (Lipinski definition) is 4. The van der Waals surface area contributed by atoms with Crippen LogP contribution in [0.1, 0.15) is 25.3 Å². The zero-order valence-electron chi connectivity index (χ0n) is 12.3. The fraction of sp³-hybridized carbons (Fsp3) is 0.467. The molecule has 0 aliphatic rings. The predicted octanol–water partition coefficient (Wildman–Crippen LogP) is 0.969. The highest BCUT2D eigenvalue weighted by molar-refractivity contribution is 5.94. The molecule has 0 aliphatic heterocycles. The molecule has 0 heterocycles. The van der Waals surface area contributed by atoms with Crippen LogP contribution < -0.4 is 16.4 Å². The van der Waals surface area contributed by atoms with E-state index >= 15 is 0 Å². The summed E-state index contributed by atoms with van der Waals surface area (Å²) in [5.74, 6) is -1.37. The normalized spacial score (nSPS) is 11.9. The minimum Gasteiger partial charge on any atom is -0.480 e. The van der Waals surface area contributed by atoms with Gasteiger partial charge < -0.3 is 21.5 Å². The van der Waals surface area contributed by atoms with E-state index in [1.54, 1.807) is 0 Å². The summed E-state index contributed by atoms with van der Waals surface area (Å²) in [4.78, 5) is 23.0. The van der Waals surface area contributed by atoms with E-state index in [0.29, 0.717) is 25.2 Å². The summed E-state index contributed by atoms with van der Waals surface area (Å²) in [6.07, 6.45) is 1.49. The zero-order chi connectivity index (χ0) is 15.7. The van der Waals surface area contributed by atoms with E-state index < -0.39 is 12.0 Å². The van der Waals surface area contributed by atoms with Crippen molar-refractivity contribution in [2.24, 2.45) is 5.73 Å². The van der Waals surface area contributed by atoms with Crippen LogP contribution in [-0.4, -0.2) is 36.1 Å². The molecule has 0 saturated heterocycles. The molecule has 6 heteroatoms. The van der Waals surface area contributed by atoms with Crippen LogP contribution in [0.3, 0.4) is 0 Å². The highest BCUT2D eigenvalue weighted by atomic mass is 16.4. The van der Waals surface area contributed by atoms with Crippen molar-refractivity contribution in [3.8, 4) is 0 Å². The third kappa shape index (κ3) is 6.37. The maximum atomic E-state index is 11.9. The van der Waals surface area contributed by atoms with Crippen LogP contribution in [0.15, 0.2) is 24.3 Å². The van der Waals surface area contributed by atoms with Crippen LogP contribution in [0, 0.1) is 0 Å². The topological polar surface area (TPSA) is 104 Å². The summed E-state index contributed by atoms with van der Waals surface area (Å²) in [5.41, 5.74) is 7.20. The Balaban J connectivity index is 2.50. The summed E-state index contributed by atoms with van der Waals surface area (Å²) >= 11 is 0. The molecule has 1 aromatic rings. The number of nitrogens with one attached hydrogen (secondary N) is 2. The monoisotopic (exact) mass is 293 g/mol. The van der Waals surface area contributed by atoms with Crippen molar-refractivity contribution < 1.29 is 14.7 Å². The average molecular weight is 293 g/mol. The van der Waals surface area contributed by atoms with Crippen molar-refractivity contribution in [3.05, 3.63) is 29.8 Å². The smallest absolute Gasteiger partial charge is 0.321 e. The summed E-state index contributed by atoms with van der Waals surface area (Å²) in [5, 5.41) is 14.6. The molecule has 1 aromatic carbocycles. The first-order valence-corrected chi connectivity index (χ1v) is 7.11. The Labute approximate surface area is 124 Å². The number of amides is 1. The summed E-state index contributed by atoms with van der Waals surface area (Å²) in [6.45, 7) is 3.01. The zero-order valence-corrected chi connectivity index (χ0v) is 12.3. The average Bonchev–Trinajstić information content (AvgIpc) is 2.47. The Morgan fingerprint density at radius 1 is 1.29 bits per heavy atom. The van der Waals surface area contributed by atoms with Crippen molar-refractivity contribution in [3.63, 3.8) is 0 Å². The van der Waals surface area contributed by atoms with Crippen molar-refractivity contribution in [2.45, 2.75) is 32.2 Å². The summed E-state index contributed by atoms with van der Waals surface area (Å²) in [6, 6.07) is 6.60. The Hall–Kier alpha value is -1.92. The second-order valence-corrected chi connectivity index (χ2v) is 4.79. The summed E-state index contributed by atoms with van der Waals surface area (Å²) in [7, 11) is 0. The van der Waals surface area contributed by atoms with E-state index in [2.05, 4.69) is 17.6 Å². The van der Waals surface area contributed by atoms with E-state index in [-0.39, 0.29) is 12.3 Å². The standard InChI is InChI=1S/C15H23N3O3/c1-2-11-4-6-12(7-5-11)18-14(19)10-13(15(20)21)17-9-3-8-16/h4-7,13,17H,2-3,8-10,16H2,1H3,(H,18,19)(H,20,21)/t13-/m1/s1. The lowest BCUT2D eigenvalue weighted by atomic mass is 10.1. The molecule has 0 spiro atoms. The maximum Gasteiger partial charge on any atom is 0.321 e. The predicted molar refractivity (Wildman–Crippen MR) is 82.2 cm³/mol.